The van der Waals surface area contributed by atoms with Gasteiger partial charge in [0.1, 0.15) is 29.9 Å². The van der Waals surface area contributed by atoms with Crippen LogP contribution < -0.4 is 11.1 Å². The predicted molar refractivity (Wildman–Crippen MR) is 124 cm³/mol. The highest BCUT2D eigenvalue weighted by Gasteiger charge is 2.49. The van der Waals surface area contributed by atoms with Gasteiger partial charge in [-0.05, 0) is 39.0 Å². The lowest BCUT2D eigenvalue weighted by Gasteiger charge is -2.44. The Bertz CT molecular complexity index is 782. The van der Waals surface area contributed by atoms with Gasteiger partial charge in [-0.25, -0.2) is 4.68 Å². The van der Waals surface area contributed by atoms with E-state index >= 15 is 0 Å². The molecule has 3 heterocycles. The van der Waals surface area contributed by atoms with Crippen LogP contribution in [0.25, 0.3) is 0 Å². The Kier molecular flexibility index (Phi) is 9.12. The Morgan fingerprint density at radius 2 is 2.09 bits per heavy atom. The molecule has 3 unspecified atom stereocenters. The van der Waals surface area contributed by atoms with Gasteiger partial charge in [0.05, 0.1) is 30.0 Å². The van der Waals surface area contributed by atoms with E-state index in [4.69, 9.17) is 10.5 Å². The van der Waals surface area contributed by atoms with E-state index in [-0.39, 0.29) is 18.5 Å². The van der Waals surface area contributed by atoms with Gasteiger partial charge in [-0.3, -0.25) is 9.69 Å². The van der Waals surface area contributed by atoms with Gasteiger partial charge in [0, 0.05) is 13.1 Å². The van der Waals surface area contributed by atoms with Crippen LogP contribution in [0.5, 0.6) is 0 Å². The minimum atomic E-state index is -1.41. The SMILES string of the molecule is CCC[C@@H]1C[C@@H](C(=O)N[C@@H]([C@H]2OC(SC)[C@H](O)C(O)C2O)[C@H](C)n2cc(CN)nn2)N(C)C1. The maximum Gasteiger partial charge on any atom is 0.237 e. The second kappa shape index (κ2) is 11.4. The first-order valence-electron chi connectivity index (χ1n) is 11.6. The van der Waals surface area contributed by atoms with Crippen LogP contribution in [0, 0.1) is 5.92 Å². The molecule has 6 N–H and O–H groups in total. The summed E-state index contributed by atoms with van der Waals surface area (Å²) in [5, 5.41) is 42.8. The molecule has 2 aliphatic rings. The molecule has 2 aliphatic heterocycles. The number of likely N-dealkylation sites (tertiary alicyclic amines) is 1. The van der Waals surface area contributed by atoms with Crippen molar-refractivity contribution in [3.8, 4) is 0 Å². The van der Waals surface area contributed by atoms with Crippen molar-refractivity contribution in [1.82, 2.24) is 25.2 Å². The molecule has 2 saturated heterocycles. The Hall–Kier alpha value is -1.28. The van der Waals surface area contributed by atoms with E-state index in [1.54, 1.807) is 17.1 Å². The van der Waals surface area contributed by atoms with Crippen molar-refractivity contribution in [2.24, 2.45) is 11.7 Å². The third kappa shape index (κ3) is 5.69. The van der Waals surface area contributed by atoms with E-state index in [1.165, 1.54) is 11.8 Å². The van der Waals surface area contributed by atoms with Gasteiger partial charge in [-0.2, -0.15) is 0 Å². The van der Waals surface area contributed by atoms with Crippen LogP contribution in [-0.2, 0) is 16.1 Å². The molecule has 12 heteroatoms. The number of aliphatic hydroxyl groups is 3. The average molecular weight is 487 g/mol. The van der Waals surface area contributed by atoms with E-state index in [9.17, 15) is 20.1 Å². The number of hydrogen-bond acceptors (Lipinski definition) is 10. The molecule has 33 heavy (non-hydrogen) atoms. The van der Waals surface area contributed by atoms with E-state index in [2.05, 4.69) is 27.5 Å². The lowest BCUT2D eigenvalue weighted by Crippen LogP contribution is -2.64. The first-order valence-corrected chi connectivity index (χ1v) is 12.8. The van der Waals surface area contributed by atoms with Crippen molar-refractivity contribution >= 4 is 17.7 Å². The molecule has 11 nitrogen and oxygen atoms in total. The highest BCUT2D eigenvalue weighted by Crippen LogP contribution is 2.32. The van der Waals surface area contributed by atoms with Gasteiger partial charge in [0.15, 0.2) is 0 Å². The third-order valence-corrected chi connectivity index (χ3v) is 7.69. The molecule has 9 atom stereocenters. The van der Waals surface area contributed by atoms with Gasteiger partial charge in [-0.1, -0.05) is 18.6 Å². The number of ether oxygens (including phenoxy) is 1. The van der Waals surface area contributed by atoms with Crippen molar-refractivity contribution in [3.05, 3.63) is 11.9 Å². The topological polar surface area (TPSA) is 159 Å². The van der Waals surface area contributed by atoms with E-state index < -0.39 is 41.9 Å². The molecule has 0 spiro atoms. The first kappa shape index (κ1) is 26.3. The van der Waals surface area contributed by atoms with Crippen LogP contribution in [0.4, 0.5) is 0 Å². The summed E-state index contributed by atoms with van der Waals surface area (Å²) < 4.78 is 7.58. The zero-order chi connectivity index (χ0) is 24.3. The predicted octanol–water partition coefficient (Wildman–Crippen LogP) is -0.926. The van der Waals surface area contributed by atoms with Gasteiger partial charge in [0.2, 0.25) is 5.91 Å². The lowest BCUT2D eigenvalue weighted by molar-refractivity contribution is -0.208. The van der Waals surface area contributed by atoms with Gasteiger partial charge in [0.25, 0.3) is 0 Å². The molecule has 0 aliphatic carbocycles. The van der Waals surface area contributed by atoms with Crippen molar-refractivity contribution in [2.45, 2.75) is 87.6 Å². The maximum absolute atomic E-state index is 13.4. The number of aromatic nitrogens is 3. The number of aliphatic hydroxyl groups excluding tert-OH is 3. The third-order valence-electron chi connectivity index (χ3n) is 6.84. The van der Waals surface area contributed by atoms with Gasteiger partial charge >= 0.3 is 0 Å². The van der Waals surface area contributed by atoms with Crippen molar-refractivity contribution in [2.75, 3.05) is 19.8 Å². The van der Waals surface area contributed by atoms with Crippen LogP contribution in [0.2, 0.25) is 0 Å². The van der Waals surface area contributed by atoms with Crippen molar-refractivity contribution in [1.29, 1.82) is 0 Å². The highest BCUT2D eigenvalue weighted by atomic mass is 32.2. The minimum absolute atomic E-state index is 0.163. The number of likely N-dealkylation sites (N-methyl/N-ethyl adjacent to an activating group) is 1. The largest absolute Gasteiger partial charge is 0.388 e. The number of hydrogen-bond donors (Lipinski definition) is 5. The molecule has 1 amide bonds. The summed E-state index contributed by atoms with van der Waals surface area (Å²) in [5.41, 5.74) is 5.51. The zero-order valence-corrected chi connectivity index (χ0v) is 20.6. The summed E-state index contributed by atoms with van der Waals surface area (Å²) in [6.07, 6.45) is 1.31. The van der Waals surface area contributed by atoms with Gasteiger partial charge < -0.3 is 31.1 Å². The number of nitrogens with zero attached hydrogens (tertiary/aromatic N) is 4. The molecule has 0 aromatic carbocycles. The smallest absolute Gasteiger partial charge is 0.237 e. The number of nitrogens with two attached hydrogens (primary N) is 1. The Morgan fingerprint density at radius 1 is 1.36 bits per heavy atom. The highest BCUT2D eigenvalue weighted by molar-refractivity contribution is 7.99. The quantitative estimate of drug-likeness (QED) is 0.295. The van der Waals surface area contributed by atoms with E-state index in [0.717, 1.165) is 25.8 Å². The molecule has 0 bridgehead atoms. The molecule has 1 aromatic heterocycles. The molecule has 1 aromatic rings. The zero-order valence-electron chi connectivity index (χ0n) is 19.7. The summed E-state index contributed by atoms with van der Waals surface area (Å²) in [6, 6.07) is -1.50. The monoisotopic (exact) mass is 486 g/mol. The summed E-state index contributed by atoms with van der Waals surface area (Å²) in [7, 11) is 1.94. The number of thioether (sulfide) groups is 1. The molecule has 0 radical (unpaired) electrons. The Labute approximate surface area is 199 Å². The second-order valence-corrected chi connectivity index (χ2v) is 10.1. The fourth-order valence-corrected chi connectivity index (χ4v) is 5.58. The van der Waals surface area contributed by atoms with E-state index in [0.29, 0.717) is 11.6 Å². The standard InChI is InChI=1S/C21H38N6O5S/c1-5-6-12-7-14(26(3)9-12)20(31)23-15(11(2)27-10-13(8-22)24-25-27)19-17(29)16(28)18(30)21(32-19)33-4/h10-12,14-19,21,28-30H,5-9,22H2,1-4H3,(H,23,31)/t11-,12+,14-,15+,16?,17?,18+,19+,21?/m0/s1. The Balaban J connectivity index is 1.86. The van der Waals surface area contributed by atoms with E-state index in [1.807, 2.05) is 14.0 Å². The first-order chi connectivity index (χ1) is 15.7. The number of nitrogens with one attached hydrogen (secondary N) is 1. The van der Waals surface area contributed by atoms with Crippen LogP contribution in [0.15, 0.2) is 6.20 Å². The lowest BCUT2D eigenvalue weighted by atomic mass is 9.91. The summed E-state index contributed by atoms with van der Waals surface area (Å²) in [6.45, 7) is 5.05. The number of carbonyl (C=O) groups is 1. The maximum atomic E-state index is 13.4. The van der Waals surface area contributed by atoms with Crippen molar-refractivity contribution < 1.29 is 24.9 Å². The molecule has 0 saturated carbocycles. The molecule has 188 valence electrons. The second-order valence-electron chi connectivity index (χ2n) is 9.19. The summed E-state index contributed by atoms with van der Waals surface area (Å²) in [5.74, 6) is 0.299. The minimum Gasteiger partial charge on any atom is -0.388 e. The van der Waals surface area contributed by atoms with Crippen LogP contribution >= 0.6 is 11.8 Å². The van der Waals surface area contributed by atoms with Crippen molar-refractivity contribution in [3.63, 3.8) is 0 Å². The molecule has 2 fully saturated rings. The van der Waals surface area contributed by atoms with Gasteiger partial charge in [-0.15, -0.1) is 16.9 Å². The fraction of sp³-hybridized carbons (Fsp3) is 0.857. The molecule has 3 rings (SSSR count). The normalized spacial score (nSPS) is 34.8. The number of carbonyl (C=O) groups excluding carboxylic acids is 1. The molecular weight excluding hydrogens is 448 g/mol. The Morgan fingerprint density at radius 3 is 2.70 bits per heavy atom. The summed E-state index contributed by atoms with van der Waals surface area (Å²) in [4.78, 5) is 15.4. The average Bonchev–Trinajstić information content (AvgIpc) is 3.43. The molecular formula is C21H38N6O5S. The summed E-state index contributed by atoms with van der Waals surface area (Å²) >= 11 is 1.23. The number of rotatable bonds is 9. The van der Waals surface area contributed by atoms with Crippen LogP contribution in [0.3, 0.4) is 0 Å². The van der Waals surface area contributed by atoms with Crippen LogP contribution in [-0.4, -0.2) is 103 Å². The number of amides is 1. The fourth-order valence-electron chi connectivity index (χ4n) is 4.90. The van der Waals surface area contributed by atoms with Crippen LogP contribution in [0.1, 0.15) is 44.8 Å².